The second kappa shape index (κ2) is 2.67. The van der Waals surface area contributed by atoms with Crippen LogP contribution in [0.15, 0.2) is 30.6 Å². The highest BCUT2D eigenvalue weighted by molar-refractivity contribution is 7.50. The van der Waals surface area contributed by atoms with Crippen molar-refractivity contribution in [1.29, 1.82) is 0 Å². The van der Waals surface area contributed by atoms with Gasteiger partial charge in [0.05, 0.1) is 11.0 Å². The molecule has 0 aliphatic heterocycles. The summed E-state index contributed by atoms with van der Waals surface area (Å²) in [4.78, 5) is 21.7. The lowest BCUT2D eigenvalue weighted by Crippen LogP contribution is -1.91. The Morgan fingerprint density at radius 3 is 2.69 bits per heavy atom. The predicted molar refractivity (Wildman–Crippen MR) is 47.2 cm³/mol. The summed E-state index contributed by atoms with van der Waals surface area (Å²) >= 11 is 0. The molecule has 1 heterocycles. The summed E-state index contributed by atoms with van der Waals surface area (Å²) in [5, 5.41) is 0. The third-order valence-electron chi connectivity index (χ3n) is 1.72. The maximum Gasteiger partial charge on any atom is 0.435 e. The topological polar surface area (TPSA) is 75.3 Å². The number of nitrogens with zero attached hydrogens (tertiary/aromatic N) is 2. The summed E-state index contributed by atoms with van der Waals surface area (Å²) in [6, 6.07) is 6.78. The number of fused-ring (bicyclic) bond motifs is 1. The first kappa shape index (κ1) is 8.44. The molecule has 1 aromatic heterocycles. The molecular weight excluding hydrogens is 191 g/mol. The second-order valence-corrected chi connectivity index (χ2v) is 4.05. The first-order chi connectivity index (χ1) is 6.09. The van der Waals surface area contributed by atoms with E-state index in [0.29, 0.717) is 11.0 Å². The van der Waals surface area contributed by atoms with Crippen molar-refractivity contribution in [3.05, 3.63) is 30.6 Å². The number of hydrogen-bond donors (Lipinski definition) is 2. The molecule has 2 N–H and O–H groups in total. The van der Waals surface area contributed by atoms with Gasteiger partial charge in [-0.05, 0) is 12.1 Å². The molecule has 2 aromatic rings. The van der Waals surface area contributed by atoms with Crippen LogP contribution in [-0.2, 0) is 4.57 Å². The molecule has 0 unspecified atom stereocenters. The van der Waals surface area contributed by atoms with Gasteiger partial charge in [-0.3, -0.25) is 0 Å². The van der Waals surface area contributed by atoms with Crippen LogP contribution in [0.4, 0.5) is 0 Å². The number of rotatable bonds is 1. The van der Waals surface area contributed by atoms with Crippen molar-refractivity contribution in [3.63, 3.8) is 0 Å². The average Bonchev–Trinajstić information content (AvgIpc) is 2.45. The van der Waals surface area contributed by atoms with Crippen LogP contribution in [0.25, 0.3) is 11.0 Å². The fourth-order valence-electron chi connectivity index (χ4n) is 1.15. The standard InChI is InChI=1S/C7H7N2O3P/c10-13(11,12)9-5-8-6-3-1-2-4-7(6)9/h1-5H,(H2,10,11,12). The Labute approximate surface area is 73.9 Å². The van der Waals surface area contributed by atoms with Crippen LogP contribution in [0.2, 0.25) is 0 Å². The molecule has 0 amide bonds. The normalized spacial score (nSPS) is 12.2. The highest BCUT2D eigenvalue weighted by atomic mass is 31.2. The fourth-order valence-corrected chi connectivity index (χ4v) is 1.79. The van der Waals surface area contributed by atoms with Gasteiger partial charge in [-0.15, -0.1) is 0 Å². The molecule has 0 aliphatic rings. The SMILES string of the molecule is O=P(O)(O)n1cnc2ccccc21. The molecule has 0 radical (unpaired) electrons. The van der Waals surface area contributed by atoms with Crippen molar-refractivity contribution in [2.24, 2.45) is 0 Å². The molecule has 0 spiro atoms. The number of para-hydroxylation sites is 2. The molecule has 13 heavy (non-hydrogen) atoms. The molecule has 68 valence electrons. The Kier molecular flexibility index (Phi) is 1.73. The molecule has 0 saturated heterocycles. The molecule has 0 saturated carbocycles. The van der Waals surface area contributed by atoms with E-state index < -0.39 is 7.75 Å². The van der Waals surface area contributed by atoms with Gasteiger partial charge in [-0.2, -0.15) is 0 Å². The first-order valence-electron chi connectivity index (χ1n) is 3.57. The minimum atomic E-state index is -4.26. The van der Waals surface area contributed by atoms with Gasteiger partial charge in [0.25, 0.3) is 0 Å². The summed E-state index contributed by atoms with van der Waals surface area (Å²) in [6.45, 7) is 0. The van der Waals surface area contributed by atoms with E-state index in [0.717, 1.165) is 10.7 Å². The van der Waals surface area contributed by atoms with Crippen molar-refractivity contribution in [3.8, 4) is 0 Å². The van der Waals surface area contributed by atoms with Gasteiger partial charge in [-0.1, -0.05) is 12.1 Å². The molecule has 5 nitrogen and oxygen atoms in total. The van der Waals surface area contributed by atoms with E-state index in [2.05, 4.69) is 4.98 Å². The van der Waals surface area contributed by atoms with Crippen molar-refractivity contribution >= 4 is 18.8 Å². The van der Waals surface area contributed by atoms with Gasteiger partial charge >= 0.3 is 7.75 Å². The second-order valence-electron chi connectivity index (χ2n) is 2.59. The summed E-state index contributed by atoms with van der Waals surface area (Å²) in [5.41, 5.74) is 1.02. The largest absolute Gasteiger partial charge is 0.435 e. The van der Waals surface area contributed by atoms with E-state index in [1.807, 2.05) is 0 Å². The lowest BCUT2D eigenvalue weighted by atomic mass is 10.3. The third kappa shape index (κ3) is 1.37. The number of benzene rings is 1. The van der Waals surface area contributed by atoms with Crippen LogP contribution in [0, 0.1) is 0 Å². The van der Waals surface area contributed by atoms with Crippen LogP contribution in [0.1, 0.15) is 0 Å². The maximum absolute atomic E-state index is 10.9. The molecule has 0 atom stereocenters. The maximum atomic E-state index is 10.9. The lowest BCUT2D eigenvalue weighted by Gasteiger charge is -2.04. The van der Waals surface area contributed by atoms with E-state index in [1.54, 1.807) is 24.3 Å². The Morgan fingerprint density at radius 1 is 1.31 bits per heavy atom. The van der Waals surface area contributed by atoms with Crippen LogP contribution in [-0.4, -0.2) is 19.1 Å². The van der Waals surface area contributed by atoms with Crippen molar-refractivity contribution in [2.45, 2.75) is 0 Å². The number of hydrogen-bond acceptors (Lipinski definition) is 2. The zero-order valence-corrected chi connectivity index (χ0v) is 7.43. The average molecular weight is 198 g/mol. The Hall–Kier alpha value is -1.16. The molecule has 2 rings (SSSR count). The van der Waals surface area contributed by atoms with Gasteiger partial charge in [0, 0.05) is 0 Å². The van der Waals surface area contributed by atoms with E-state index >= 15 is 0 Å². The Balaban J connectivity index is 2.79. The fraction of sp³-hybridized carbons (Fsp3) is 0. The predicted octanol–water partition coefficient (Wildman–Crippen LogP) is 0.977. The zero-order chi connectivity index (χ0) is 9.47. The highest BCUT2D eigenvalue weighted by Gasteiger charge is 2.18. The summed E-state index contributed by atoms with van der Waals surface area (Å²) in [5.74, 6) is 0. The van der Waals surface area contributed by atoms with Crippen LogP contribution in [0.3, 0.4) is 0 Å². The summed E-state index contributed by atoms with van der Waals surface area (Å²) < 4.78 is 11.8. The Bertz CT molecular complexity index is 487. The van der Waals surface area contributed by atoms with Crippen LogP contribution >= 0.6 is 7.75 Å². The minimum Gasteiger partial charge on any atom is -0.308 e. The third-order valence-corrected chi connectivity index (χ3v) is 2.60. The molecule has 1 aromatic carbocycles. The van der Waals surface area contributed by atoms with Gasteiger partial charge in [0.2, 0.25) is 0 Å². The monoisotopic (exact) mass is 198 g/mol. The zero-order valence-electron chi connectivity index (χ0n) is 6.53. The van der Waals surface area contributed by atoms with E-state index in [4.69, 9.17) is 9.79 Å². The van der Waals surface area contributed by atoms with E-state index in [1.165, 1.54) is 0 Å². The van der Waals surface area contributed by atoms with Crippen molar-refractivity contribution < 1.29 is 14.4 Å². The van der Waals surface area contributed by atoms with Crippen molar-refractivity contribution in [1.82, 2.24) is 9.32 Å². The molecular formula is C7H7N2O3P. The van der Waals surface area contributed by atoms with E-state index in [-0.39, 0.29) is 0 Å². The van der Waals surface area contributed by atoms with Gasteiger partial charge in [0.1, 0.15) is 6.33 Å². The number of aromatic nitrogens is 2. The smallest absolute Gasteiger partial charge is 0.308 e. The molecule has 0 bridgehead atoms. The minimum absolute atomic E-state index is 0.441. The first-order valence-corrected chi connectivity index (χ1v) is 5.14. The van der Waals surface area contributed by atoms with Gasteiger partial charge in [0.15, 0.2) is 0 Å². The van der Waals surface area contributed by atoms with E-state index in [9.17, 15) is 4.57 Å². The molecule has 0 fully saturated rings. The molecule has 6 heteroatoms. The van der Waals surface area contributed by atoms with Crippen molar-refractivity contribution in [2.75, 3.05) is 0 Å². The quantitative estimate of drug-likeness (QED) is 0.669. The number of imidazole rings is 1. The highest BCUT2D eigenvalue weighted by Crippen LogP contribution is 2.39. The summed E-state index contributed by atoms with van der Waals surface area (Å²) in [6.07, 6.45) is 1.14. The molecule has 0 aliphatic carbocycles. The summed E-state index contributed by atoms with van der Waals surface area (Å²) in [7, 11) is -4.26. The van der Waals surface area contributed by atoms with Gasteiger partial charge < -0.3 is 9.79 Å². The van der Waals surface area contributed by atoms with Crippen LogP contribution in [0.5, 0.6) is 0 Å². The van der Waals surface area contributed by atoms with Gasteiger partial charge in [-0.25, -0.2) is 13.9 Å². The Morgan fingerprint density at radius 2 is 2.00 bits per heavy atom. The van der Waals surface area contributed by atoms with Crippen LogP contribution < -0.4 is 0 Å². The lowest BCUT2D eigenvalue weighted by molar-refractivity contribution is 0.363.